The number of hydrogen-bond acceptors (Lipinski definition) is 3. The van der Waals surface area contributed by atoms with Crippen LogP contribution in [0.3, 0.4) is 0 Å². The highest BCUT2D eigenvalue weighted by Gasteiger charge is 2.06. The van der Waals surface area contributed by atoms with Crippen LogP contribution in [0.1, 0.15) is 12.5 Å². The largest absolute Gasteiger partial charge is 0.312 e. The molecule has 0 fully saturated rings. The third-order valence-electron chi connectivity index (χ3n) is 2.36. The van der Waals surface area contributed by atoms with Gasteiger partial charge < -0.3 is 5.32 Å². The third kappa shape index (κ3) is 5.38. The first-order valence-corrected chi connectivity index (χ1v) is 8.29. The van der Waals surface area contributed by atoms with Crippen LogP contribution in [0.4, 0.5) is 0 Å². The van der Waals surface area contributed by atoms with Crippen molar-refractivity contribution in [3.05, 3.63) is 33.3 Å². The lowest BCUT2D eigenvalue weighted by Crippen LogP contribution is -2.23. The number of sulfone groups is 1. The standard InChI is InChI=1S/C11H15BrClNO2S/c1-2-17(15,16)6-5-14-8-9-3-4-10(12)7-11(9)13/h3-4,7,14H,2,5-6,8H2,1H3. The quantitative estimate of drug-likeness (QED) is 0.810. The predicted molar refractivity (Wildman–Crippen MR) is 75.2 cm³/mol. The van der Waals surface area contributed by atoms with Crippen LogP contribution >= 0.6 is 27.5 Å². The van der Waals surface area contributed by atoms with Crippen molar-refractivity contribution in [1.82, 2.24) is 5.32 Å². The molecular weight excluding hydrogens is 326 g/mol. The first-order chi connectivity index (χ1) is 7.94. The Labute approximate surface area is 116 Å². The van der Waals surface area contributed by atoms with Gasteiger partial charge in [-0.05, 0) is 17.7 Å². The van der Waals surface area contributed by atoms with E-state index in [1.165, 1.54) is 0 Å². The zero-order valence-electron chi connectivity index (χ0n) is 9.54. The lowest BCUT2D eigenvalue weighted by Gasteiger charge is -2.07. The molecule has 0 aliphatic heterocycles. The Kier molecular flexibility index (Phi) is 5.92. The van der Waals surface area contributed by atoms with Gasteiger partial charge in [0.2, 0.25) is 0 Å². The molecule has 0 heterocycles. The van der Waals surface area contributed by atoms with Crippen LogP contribution in [0, 0.1) is 0 Å². The SMILES string of the molecule is CCS(=O)(=O)CCNCc1ccc(Br)cc1Cl. The van der Waals surface area contributed by atoms with Gasteiger partial charge in [0.05, 0.1) is 5.75 Å². The predicted octanol–water partition coefficient (Wildman–Crippen LogP) is 2.63. The average molecular weight is 341 g/mol. The summed E-state index contributed by atoms with van der Waals surface area (Å²) in [4.78, 5) is 0. The number of rotatable bonds is 6. The molecule has 0 radical (unpaired) electrons. The van der Waals surface area contributed by atoms with E-state index in [2.05, 4.69) is 21.2 Å². The van der Waals surface area contributed by atoms with Gasteiger partial charge in [0.1, 0.15) is 0 Å². The number of nitrogens with one attached hydrogen (secondary N) is 1. The maximum absolute atomic E-state index is 11.2. The van der Waals surface area contributed by atoms with Gasteiger partial charge in [0.15, 0.2) is 9.84 Å². The van der Waals surface area contributed by atoms with Crippen LogP contribution < -0.4 is 5.32 Å². The van der Waals surface area contributed by atoms with E-state index in [0.29, 0.717) is 18.1 Å². The van der Waals surface area contributed by atoms with E-state index in [1.54, 1.807) is 6.92 Å². The first kappa shape index (κ1) is 15.0. The molecule has 0 unspecified atom stereocenters. The van der Waals surface area contributed by atoms with Crippen LogP contribution in [0.5, 0.6) is 0 Å². The molecule has 1 aromatic rings. The van der Waals surface area contributed by atoms with Crippen molar-refractivity contribution in [2.75, 3.05) is 18.1 Å². The second-order valence-corrected chi connectivity index (χ2v) is 7.44. The normalized spacial score (nSPS) is 11.7. The first-order valence-electron chi connectivity index (χ1n) is 5.29. The summed E-state index contributed by atoms with van der Waals surface area (Å²) in [6.07, 6.45) is 0. The number of halogens is 2. The molecule has 3 nitrogen and oxygen atoms in total. The summed E-state index contributed by atoms with van der Waals surface area (Å²) in [5, 5.41) is 3.74. The van der Waals surface area contributed by atoms with Gasteiger partial charge in [-0.1, -0.05) is 40.5 Å². The van der Waals surface area contributed by atoms with Crippen molar-refractivity contribution in [3.63, 3.8) is 0 Å². The van der Waals surface area contributed by atoms with E-state index in [0.717, 1.165) is 10.0 Å². The Bertz CT molecular complexity index is 476. The molecule has 0 aliphatic carbocycles. The lowest BCUT2D eigenvalue weighted by molar-refractivity contribution is 0.592. The fraction of sp³-hybridized carbons (Fsp3) is 0.455. The molecule has 0 atom stereocenters. The van der Waals surface area contributed by atoms with E-state index in [4.69, 9.17) is 11.6 Å². The molecule has 0 bridgehead atoms. The van der Waals surface area contributed by atoms with Gasteiger partial charge >= 0.3 is 0 Å². The molecule has 0 spiro atoms. The summed E-state index contributed by atoms with van der Waals surface area (Å²) in [7, 11) is -2.89. The van der Waals surface area contributed by atoms with Crippen molar-refractivity contribution in [1.29, 1.82) is 0 Å². The number of benzene rings is 1. The zero-order valence-corrected chi connectivity index (χ0v) is 12.7. The Hall–Kier alpha value is -0.100. The monoisotopic (exact) mass is 339 g/mol. The van der Waals surface area contributed by atoms with E-state index < -0.39 is 9.84 Å². The summed E-state index contributed by atoms with van der Waals surface area (Å²) in [5.74, 6) is 0.353. The minimum absolute atomic E-state index is 0.164. The summed E-state index contributed by atoms with van der Waals surface area (Å²) in [6.45, 7) is 2.68. The summed E-state index contributed by atoms with van der Waals surface area (Å²) in [6, 6.07) is 5.64. The van der Waals surface area contributed by atoms with Crippen molar-refractivity contribution in [3.8, 4) is 0 Å². The Balaban J connectivity index is 2.41. The fourth-order valence-electron chi connectivity index (χ4n) is 1.26. The smallest absolute Gasteiger partial charge is 0.151 e. The summed E-state index contributed by atoms with van der Waals surface area (Å²) >= 11 is 9.37. The molecule has 0 saturated heterocycles. The van der Waals surface area contributed by atoms with Crippen LogP contribution in [-0.4, -0.2) is 26.5 Å². The zero-order chi connectivity index (χ0) is 12.9. The third-order valence-corrected chi connectivity index (χ3v) is 4.91. The fourth-order valence-corrected chi connectivity index (χ4v) is 2.74. The van der Waals surface area contributed by atoms with Crippen LogP contribution in [0.25, 0.3) is 0 Å². The van der Waals surface area contributed by atoms with E-state index in [9.17, 15) is 8.42 Å². The molecule has 0 aliphatic rings. The minimum Gasteiger partial charge on any atom is -0.312 e. The minimum atomic E-state index is -2.89. The van der Waals surface area contributed by atoms with Crippen molar-refractivity contribution >= 4 is 37.4 Å². The van der Waals surface area contributed by atoms with E-state index >= 15 is 0 Å². The Morgan fingerprint density at radius 2 is 2.12 bits per heavy atom. The van der Waals surface area contributed by atoms with Crippen molar-refractivity contribution in [2.45, 2.75) is 13.5 Å². The highest BCUT2D eigenvalue weighted by Crippen LogP contribution is 2.20. The van der Waals surface area contributed by atoms with Crippen molar-refractivity contribution in [2.24, 2.45) is 0 Å². The summed E-state index contributed by atoms with van der Waals surface area (Å²) < 4.78 is 23.4. The Morgan fingerprint density at radius 3 is 2.71 bits per heavy atom. The van der Waals surface area contributed by atoms with Gasteiger partial charge in [-0.25, -0.2) is 8.42 Å². The molecule has 1 aromatic carbocycles. The molecule has 0 aromatic heterocycles. The highest BCUT2D eigenvalue weighted by molar-refractivity contribution is 9.10. The maximum Gasteiger partial charge on any atom is 0.151 e. The van der Waals surface area contributed by atoms with Gasteiger partial charge in [-0.3, -0.25) is 0 Å². The molecule has 0 saturated carbocycles. The Morgan fingerprint density at radius 1 is 1.41 bits per heavy atom. The van der Waals surface area contributed by atoms with Gasteiger partial charge in [-0.2, -0.15) is 0 Å². The van der Waals surface area contributed by atoms with Gasteiger partial charge in [0.25, 0.3) is 0 Å². The molecule has 6 heteroatoms. The topological polar surface area (TPSA) is 46.2 Å². The molecule has 0 amide bonds. The molecule has 1 rings (SSSR count). The second kappa shape index (κ2) is 6.73. The molecular formula is C11H15BrClNO2S. The van der Waals surface area contributed by atoms with Gasteiger partial charge in [0, 0.05) is 28.3 Å². The van der Waals surface area contributed by atoms with E-state index in [1.807, 2.05) is 18.2 Å². The maximum atomic E-state index is 11.2. The van der Waals surface area contributed by atoms with E-state index in [-0.39, 0.29) is 11.5 Å². The average Bonchev–Trinajstić information content (AvgIpc) is 2.27. The molecule has 96 valence electrons. The molecule has 1 N–H and O–H groups in total. The molecule has 17 heavy (non-hydrogen) atoms. The van der Waals surface area contributed by atoms with Crippen LogP contribution in [0.2, 0.25) is 5.02 Å². The number of hydrogen-bond donors (Lipinski definition) is 1. The highest BCUT2D eigenvalue weighted by atomic mass is 79.9. The van der Waals surface area contributed by atoms with Crippen molar-refractivity contribution < 1.29 is 8.42 Å². The summed E-state index contributed by atoms with van der Waals surface area (Å²) in [5.41, 5.74) is 0.962. The second-order valence-electron chi connectivity index (χ2n) is 3.65. The lowest BCUT2D eigenvalue weighted by atomic mass is 10.2. The van der Waals surface area contributed by atoms with Crippen LogP contribution in [-0.2, 0) is 16.4 Å². The van der Waals surface area contributed by atoms with Gasteiger partial charge in [-0.15, -0.1) is 0 Å². The van der Waals surface area contributed by atoms with Crippen LogP contribution in [0.15, 0.2) is 22.7 Å².